The number of hydrogen-bond donors (Lipinski definition) is 0. The van der Waals surface area contributed by atoms with Gasteiger partial charge in [-0.2, -0.15) is 0 Å². The van der Waals surface area contributed by atoms with Gasteiger partial charge in [-0.1, -0.05) is 24.3 Å². The summed E-state index contributed by atoms with van der Waals surface area (Å²) in [7, 11) is 1.68. The van der Waals surface area contributed by atoms with Crippen molar-refractivity contribution in [3.63, 3.8) is 0 Å². The molecule has 1 saturated heterocycles. The van der Waals surface area contributed by atoms with Crippen LogP contribution in [0, 0.1) is 0 Å². The molecule has 31 heavy (non-hydrogen) atoms. The van der Waals surface area contributed by atoms with Crippen LogP contribution in [-0.2, 0) is 24.2 Å². The van der Waals surface area contributed by atoms with Crippen LogP contribution in [0.2, 0.25) is 0 Å². The summed E-state index contributed by atoms with van der Waals surface area (Å²) in [4.78, 5) is 7.32. The van der Waals surface area contributed by atoms with Crippen LogP contribution in [0.4, 0.5) is 0 Å². The lowest BCUT2D eigenvalue weighted by Gasteiger charge is -2.26. The number of aryl methyl sites for hydroxylation is 1. The second-order valence-electron chi connectivity index (χ2n) is 7.74. The van der Waals surface area contributed by atoms with Crippen LogP contribution in [0.5, 0.6) is 11.5 Å². The molecule has 1 fully saturated rings. The molecular weight excluding hydrogens is 390 g/mol. The van der Waals surface area contributed by atoms with Crippen molar-refractivity contribution in [2.45, 2.75) is 25.9 Å². The summed E-state index contributed by atoms with van der Waals surface area (Å²) in [6.45, 7) is 9.60. The van der Waals surface area contributed by atoms with E-state index >= 15 is 0 Å². The van der Waals surface area contributed by atoms with E-state index in [9.17, 15) is 0 Å². The van der Waals surface area contributed by atoms with Gasteiger partial charge in [-0.25, -0.2) is 4.98 Å². The topological polar surface area (TPSA) is 48.8 Å². The summed E-state index contributed by atoms with van der Waals surface area (Å²) < 4.78 is 19.4. The minimum absolute atomic E-state index is 0.612. The summed E-state index contributed by atoms with van der Waals surface area (Å²) >= 11 is 0. The highest BCUT2D eigenvalue weighted by Crippen LogP contribution is 2.28. The van der Waals surface area contributed by atoms with E-state index in [-0.39, 0.29) is 0 Å². The van der Waals surface area contributed by atoms with Gasteiger partial charge in [0.05, 0.1) is 44.5 Å². The van der Waals surface area contributed by atoms with Crippen molar-refractivity contribution in [3.8, 4) is 11.5 Å². The molecule has 6 heteroatoms. The van der Waals surface area contributed by atoms with Gasteiger partial charge < -0.3 is 18.8 Å². The Balaban J connectivity index is 1.41. The Labute approximate surface area is 184 Å². The second kappa shape index (κ2) is 10.5. The molecule has 0 N–H and O–H groups in total. The lowest BCUT2D eigenvalue weighted by atomic mass is 10.1. The largest absolute Gasteiger partial charge is 0.493 e. The molecule has 164 valence electrons. The Hall–Kier alpha value is -2.83. The summed E-state index contributed by atoms with van der Waals surface area (Å²) in [6.07, 6.45) is 3.59. The van der Waals surface area contributed by atoms with Gasteiger partial charge in [-0.15, -0.1) is 6.58 Å². The number of fused-ring (bicyclic) bond motifs is 1. The molecule has 0 spiro atoms. The number of para-hydroxylation sites is 2. The van der Waals surface area contributed by atoms with Crippen molar-refractivity contribution in [1.82, 2.24) is 14.5 Å². The molecule has 3 aromatic rings. The molecule has 0 aliphatic carbocycles. The number of aromatic nitrogens is 2. The summed E-state index contributed by atoms with van der Waals surface area (Å²) in [5.41, 5.74) is 3.39. The summed E-state index contributed by atoms with van der Waals surface area (Å²) in [5, 5.41) is 0. The highest BCUT2D eigenvalue weighted by atomic mass is 16.5. The molecule has 4 rings (SSSR count). The molecule has 0 radical (unpaired) electrons. The number of ether oxygens (including phenoxy) is 3. The van der Waals surface area contributed by atoms with Gasteiger partial charge in [0, 0.05) is 19.6 Å². The van der Waals surface area contributed by atoms with E-state index in [0.717, 1.165) is 80.6 Å². The van der Waals surface area contributed by atoms with Gasteiger partial charge in [0.2, 0.25) is 0 Å². The number of benzene rings is 2. The lowest BCUT2D eigenvalue weighted by molar-refractivity contribution is 0.0326. The Kier molecular flexibility index (Phi) is 7.22. The maximum absolute atomic E-state index is 6.05. The normalized spacial score (nSPS) is 14.6. The second-order valence-corrected chi connectivity index (χ2v) is 7.74. The van der Waals surface area contributed by atoms with Crippen LogP contribution in [0.15, 0.2) is 55.1 Å². The van der Waals surface area contributed by atoms with Crippen molar-refractivity contribution in [1.29, 1.82) is 0 Å². The number of rotatable bonds is 10. The first-order chi connectivity index (χ1) is 15.3. The average Bonchev–Trinajstić information content (AvgIpc) is 3.15. The van der Waals surface area contributed by atoms with E-state index in [4.69, 9.17) is 19.2 Å². The molecule has 2 aromatic carbocycles. The maximum atomic E-state index is 6.05. The molecular formula is C25H31N3O3. The molecule has 2 heterocycles. The third-order valence-corrected chi connectivity index (χ3v) is 5.59. The molecule has 0 atom stereocenters. The van der Waals surface area contributed by atoms with Gasteiger partial charge in [0.15, 0.2) is 11.5 Å². The fourth-order valence-electron chi connectivity index (χ4n) is 3.98. The van der Waals surface area contributed by atoms with Crippen molar-refractivity contribution in [3.05, 3.63) is 66.5 Å². The summed E-state index contributed by atoms with van der Waals surface area (Å²) in [6, 6.07) is 14.4. The highest BCUT2D eigenvalue weighted by Gasteiger charge is 2.16. The van der Waals surface area contributed by atoms with Crippen LogP contribution in [0.1, 0.15) is 17.8 Å². The third kappa shape index (κ3) is 5.27. The van der Waals surface area contributed by atoms with Crippen molar-refractivity contribution < 1.29 is 14.2 Å². The van der Waals surface area contributed by atoms with Gasteiger partial charge in [0.1, 0.15) is 5.82 Å². The van der Waals surface area contributed by atoms with E-state index in [1.807, 2.05) is 24.3 Å². The van der Waals surface area contributed by atoms with Crippen molar-refractivity contribution in [2.75, 3.05) is 40.0 Å². The molecule has 1 aromatic heterocycles. The Morgan fingerprint density at radius 1 is 1.13 bits per heavy atom. The zero-order chi connectivity index (χ0) is 21.5. The van der Waals surface area contributed by atoms with E-state index in [0.29, 0.717) is 6.61 Å². The van der Waals surface area contributed by atoms with Crippen LogP contribution in [0.3, 0.4) is 0 Å². The Bertz CT molecular complexity index is 1010. The van der Waals surface area contributed by atoms with Crippen LogP contribution in [-0.4, -0.2) is 54.5 Å². The molecule has 0 unspecified atom stereocenters. The SMILES string of the molecule is C=CCc1ccc(OCCCn2c(CN3CCOCC3)nc3ccccc32)c(OC)c1. The highest BCUT2D eigenvalue weighted by molar-refractivity contribution is 5.75. The minimum atomic E-state index is 0.612. The van der Waals surface area contributed by atoms with Gasteiger partial charge >= 0.3 is 0 Å². The van der Waals surface area contributed by atoms with E-state index < -0.39 is 0 Å². The zero-order valence-corrected chi connectivity index (χ0v) is 18.3. The molecule has 6 nitrogen and oxygen atoms in total. The number of allylic oxidation sites excluding steroid dienone is 1. The number of morpholine rings is 1. The van der Waals surface area contributed by atoms with E-state index in [2.05, 4.69) is 40.3 Å². The monoisotopic (exact) mass is 421 g/mol. The maximum Gasteiger partial charge on any atom is 0.161 e. The molecule has 0 amide bonds. The molecule has 0 saturated carbocycles. The Morgan fingerprint density at radius 3 is 2.77 bits per heavy atom. The average molecular weight is 422 g/mol. The smallest absolute Gasteiger partial charge is 0.161 e. The van der Waals surface area contributed by atoms with E-state index in [1.54, 1.807) is 7.11 Å². The first kappa shape index (κ1) is 21.4. The van der Waals surface area contributed by atoms with Crippen LogP contribution < -0.4 is 9.47 Å². The van der Waals surface area contributed by atoms with E-state index in [1.165, 1.54) is 5.52 Å². The number of imidazole rings is 1. The fraction of sp³-hybridized carbons (Fsp3) is 0.400. The zero-order valence-electron chi connectivity index (χ0n) is 18.3. The molecule has 1 aliphatic rings. The standard InChI is InChI=1S/C25H31N3O3/c1-3-7-20-10-11-23(24(18-20)29-2)31-15-6-12-28-22-9-5-4-8-21(22)26-25(28)19-27-13-16-30-17-14-27/h3-5,8-11,18H,1,6-7,12-17,19H2,2H3. The van der Waals surface area contributed by atoms with Gasteiger partial charge in [-0.05, 0) is 42.7 Å². The van der Waals surface area contributed by atoms with Crippen molar-refractivity contribution in [2.24, 2.45) is 0 Å². The number of methoxy groups -OCH3 is 1. The molecule has 0 bridgehead atoms. The minimum Gasteiger partial charge on any atom is -0.493 e. The first-order valence-corrected chi connectivity index (χ1v) is 10.9. The molecule has 1 aliphatic heterocycles. The number of nitrogens with zero attached hydrogens (tertiary/aromatic N) is 3. The van der Waals surface area contributed by atoms with Gasteiger partial charge in [0.25, 0.3) is 0 Å². The Morgan fingerprint density at radius 2 is 1.97 bits per heavy atom. The third-order valence-electron chi connectivity index (χ3n) is 5.59. The number of hydrogen-bond acceptors (Lipinski definition) is 5. The fourth-order valence-corrected chi connectivity index (χ4v) is 3.98. The van der Waals surface area contributed by atoms with Crippen LogP contribution >= 0.6 is 0 Å². The van der Waals surface area contributed by atoms with Crippen molar-refractivity contribution >= 4 is 11.0 Å². The predicted octanol–water partition coefficient (Wildman–Crippen LogP) is 4.07. The summed E-state index contributed by atoms with van der Waals surface area (Å²) in [5.74, 6) is 2.65. The first-order valence-electron chi connectivity index (χ1n) is 10.9. The predicted molar refractivity (Wildman–Crippen MR) is 123 cm³/mol. The van der Waals surface area contributed by atoms with Gasteiger partial charge in [-0.3, -0.25) is 4.90 Å². The lowest BCUT2D eigenvalue weighted by Crippen LogP contribution is -2.36. The quantitative estimate of drug-likeness (QED) is 0.365. The van der Waals surface area contributed by atoms with Crippen LogP contribution in [0.25, 0.3) is 11.0 Å².